The number of benzene rings is 3. The van der Waals surface area contributed by atoms with E-state index in [1.165, 1.54) is 30.2 Å². The monoisotopic (exact) mass is 591 g/mol. The third-order valence-corrected chi connectivity index (χ3v) is 8.44. The predicted molar refractivity (Wildman–Crippen MR) is 154 cm³/mol. The standard InChI is InChI=1S/C28H31Cl2N3O5S/c1-19(2)31-28(35)20(3)32(17-24-25(29)14-9-15-26(24)30)27(34)18-33(21-10-8-11-22(16-21)38-4)39(36,37)23-12-6-5-7-13-23/h5-16,19-20H,17-18H2,1-4H3,(H,31,35). The summed E-state index contributed by atoms with van der Waals surface area (Å²) in [5.41, 5.74) is 0.666. The van der Waals surface area contributed by atoms with Crippen LogP contribution in [0.25, 0.3) is 0 Å². The summed E-state index contributed by atoms with van der Waals surface area (Å²) in [7, 11) is -2.72. The second-order valence-electron chi connectivity index (χ2n) is 9.09. The van der Waals surface area contributed by atoms with Gasteiger partial charge in [-0.3, -0.25) is 13.9 Å². The summed E-state index contributed by atoms with van der Waals surface area (Å²) >= 11 is 12.8. The highest BCUT2D eigenvalue weighted by Crippen LogP contribution is 2.29. The first-order valence-corrected chi connectivity index (χ1v) is 14.4. The highest BCUT2D eigenvalue weighted by Gasteiger charge is 2.33. The molecule has 3 aromatic carbocycles. The fraction of sp³-hybridized carbons (Fsp3) is 0.286. The van der Waals surface area contributed by atoms with Gasteiger partial charge in [0.15, 0.2) is 0 Å². The van der Waals surface area contributed by atoms with Crippen LogP contribution in [0.5, 0.6) is 5.75 Å². The van der Waals surface area contributed by atoms with Gasteiger partial charge in [-0.15, -0.1) is 0 Å². The molecule has 2 amide bonds. The van der Waals surface area contributed by atoms with Crippen molar-refractivity contribution in [3.05, 3.63) is 88.4 Å². The molecule has 39 heavy (non-hydrogen) atoms. The molecule has 208 valence electrons. The minimum Gasteiger partial charge on any atom is -0.497 e. The van der Waals surface area contributed by atoms with E-state index in [0.29, 0.717) is 21.4 Å². The summed E-state index contributed by atoms with van der Waals surface area (Å²) in [4.78, 5) is 28.2. The Morgan fingerprint density at radius 1 is 0.923 bits per heavy atom. The van der Waals surface area contributed by atoms with Crippen molar-refractivity contribution >= 4 is 50.7 Å². The molecule has 3 rings (SSSR count). The van der Waals surface area contributed by atoms with Crippen LogP contribution < -0.4 is 14.4 Å². The van der Waals surface area contributed by atoms with Crippen molar-refractivity contribution in [2.45, 2.75) is 44.3 Å². The summed E-state index contributed by atoms with van der Waals surface area (Å²) in [6.45, 7) is 4.48. The molecule has 0 aromatic heterocycles. The number of hydrogen-bond acceptors (Lipinski definition) is 5. The van der Waals surface area contributed by atoms with Crippen LogP contribution in [0.1, 0.15) is 26.3 Å². The minimum absolute atomic E-state index is 0.00641. The smallest absolute Gasteiger partial charge is 0.264 e. The van der Waals surface area contributed by atoms with Crippen LogP contribution in [-0.2, 0) is 26.2 Å². The Morgan fingerprint density at radius 3 is 2.13 bits per heavy atom. The summed E-state index contributed by atoms with van der Waals surface area (Å²) in [5, 5.41) is 3.44. The van der Waals surface area contributed by atoms with Crippen molar-refractivity contribution in [3.63, 3.8) is 0 Å². The van der Waals surface area contributed by atoms with Gasteiger partial charge in [0.05, 0.1) is 17.7 Å². The summed E-state index contributed by atoms with van der Waals surface area (Å²) in [6, 6.07) is 18.0. The van der Waals surface area contributed by atoms with E-state index in [9.17, 15) is 18.0 Å². The average molecular weight is 593 g/mol. The van der Waals surface area contributed by atoms with Crippen molar-refractivity contribution in [3.8, 4) is 5.75 Å². The number of methoxy groups -OCH3 is 1. The summed E-state index contributed by atoms with van der Waals surface area (Å²) < 4.78 is 33.9. The second kappa shape index (κ2) is 13.2. The summed E-state index contributed by atoms with van der Waals surface area (Å²) in [5.74, 6) is -0.613. The van der Waals surface area contributed by atoms with E-state index >= 15 is 0 Å². The van der Waals surface area contributed by atoms with Crippen molar-refractivity contribution in [2.24, 2.45) is 0 Å². The lowest BCUT2D eigenvalue weighted by Gasteiger charge is -2.32. The number of rotatable bonds is 11. The van der Waals surface area contributed by atoms with Crippen LogP contribution in [0.2, 0.25) is 10.0 Å². The maximum atomic E-state index is 13.9. The largest absolute Gasteiger partial charge is 0.497 e. The number of hydrogen-bond donors (Lipinski definition) is 1. The Hall–Kier alpha value is -3.27. The van der Waals surface area contributed by atoms with Gasteiger partial charge in [0, 0.05) is 34.3 Å². The molecule has 3 aromatic rings. The Bertz CT molecular complexity index is 1400. The van der Waals surface area contributed by atoms with Gasteiger partial charge in [0.25, 0.3) is 10.0 Å². The first-order chi connectivity index (χ1) is 18.4. The zero-order chi connectivity index (χ0) is 28.7. The van der Waals surface area contributed by atoms with Crippen LogP contribution in [-0.4, -0.2) is 50.9 Å². The number of sulfonamides is 1. The minimum atomic E-state index is -4.18. The number of nitrogens with one attached hydrogen (secondary N) is 1. The number of anilines is 1. The van der Waals surface area contributed by atoms with Crippen LogP contribution in [0.4, 0.5) is 5.69 Å². The molecule has 0 aliphatic heterocycles. The van der Waals surface area contributed by atoms with Crippen LogP contribution in [0.15, 0.2) is 77.7 Å². The third-order valence-electron chi connectivity index (χ3n) is 5.94. The van der Waals surface area contributed by atoms with E-state index in [1.807, 2.05) is 0 Å². The van der Waals surface area contributed by atoms with Crippen molar-refractivity contribution in [2.75, 3.05) is 18.0 Å². The normalized spacial score (nSPS) is 12.1. The third kappa shape index (κ3) is 7.44. The molecule has 0 bridgehead atoms. The van der Waals surface area contributed by atoms with Gasteiger partial charge in [0.1, 0.15) is 18.3 Å². The predicted octanol–water partition coefficient (Wildman–Crippen LogP) is 5.14. The van der Waals surface area contributed by atoms with E-state index in [4.69, 9.17) is 27.9 Å². The topological polar surface area (TPSA) is 96.0 Å². The van der Waals surface area contributed by atoms with E-state index in [1.54, 1.807) is 75.4 Å². The fourth-order valence-corrected chi connectivity index (χ4v) is 5.80. The molecule has 1 N–H and O–H groups in total. The first-order valence-electron chi connectivity index (χ1n) is 12.2. The van der Waals surface area contributed by atoms with E-state index in [0.717, 1.165) is 4.31 Å². The Kier molecular flexibility index (Phi) is 10.2. The maximum absolute atomic E-state index is 13.9. The van der Waals surface area contributed by atoms with Crippen molar-refractivity contribution in [1.29, 1.82) is 0 Å². The van der Waals surface area contributed by atoms with Gasteiger partial charge in [-0.25, -0.2) is 8.42 Å². The molecule has 0 fully saturated rings. The molecule has 0 aliphatic rings. The Morgan fingerprint density at radius 2 is 1.54 bits per heavy atom. The molecule has 0 aliphatic carbocycles. The lowest BCUT2D eigenvalue weighted by molar-refractivity contribution is -0.139. The zero-order valence-corrected chi connectivity index (χ0v) is 24.4. The number of carbonyl (C=O) groups excluding carboxylic acids is 2. The molecule has 1 unspecified atom stereocenters. The van der Waals surface area contributed by atoms with Gasteiger partial charge in [-0.2, -0.15) is 0 Å². The SMILES string of the molecule is COc1cccc(N(CC(=O)N(Cc2c(Cl)cccc2Cl)C(C)C(=O)NC(C)C)S(=O)(=O)c2ccccc2)c1. The number of carbonyl (C=O) groups is 2. The van der Waals surface area contributed by atoms with E-state index in [2.05, 4.69) is 5.32 Å². The first kappa shape index (κ1) is 30.3. The molecule has 0 spiro atoms. The van der Waals surface area contributed by atoms with Crippen molar-refractivity contribution in [1.82, 2.24) is 10.2 Å². The van der Waals surface area contributed by atoms with Gasteiger partial charge >= 0.3 is 0 Å². The van der Waals surface area contributed by atoms with Crippen LogP contribution in [0.3, 0.4) is 0 Å². The number of amides is 2. The lowest BCUT2D eigenvalue weighted by atomic mass is 10.1. The molecular formula is C28H31Cl2N3O5S. The van der Waals surface area contributed by atoms with E-state index < -0.39 is 34.4 Å². The number of nitrogens with zero attached hydrogens (tertiary/aromatic N) is 2. The van der Waals surface area contributed by atoms with Gasteiger partial charge in [0.2, 0.25) is 11.8 Å². The number of ether oxygens (including phenoxy) is 1. The maximum Gasteiger partial charge on any atom is 0.264 e. The molecule has 0 saturated heterocycles. The van der Waals surface area contributed by atoms with Crippen LogP contribution in [0, 0.1) is 0 Å². The highest BCUT2D eigenvalue weighted by atomic mass is 35.5. The fourth-order valence-electron chi connectivity index (χ4n) is 3.86. The molecule has 0 radical (unpaired) electrons. The quantitative estimate of drug-likeness (QED) is 0.333. The average Bonchev–Trinajstić information content (AvgIpc) is 2.91. The Labute approximate surface area is 239 Å². The number of halogens is 2. The molecule has 0 heterocycles. The van der Waals surface area contributed by atoms with Gasteiger partial charge < -0.3 is 15.0 Å². The second-order valence-corrected chi connectivity index (χ2v) is 11.8. The zero-order valence-electron chi connectivity index (χ0n) is 22.1. The van der Waals surface area contributed by atoms with Gasteiger partial charge in [-0.05, 0) is 57.2 Å². The highest BCUT2D eigenvalue weighted by molar-refractivity contribution is 7.92. The summed E-state index contributed by atoms with van der Waals surface area (Å²) in [6.07, 6.45) is 0. The molecule has 11 heteroatoms. The van der Waals surface area contributed by atoms with Gasteiger partial charge in [-0.1, -0.05) is 53.5 Å². The molecule has 0 saturated carbocycles. The molecular weight excluding hydrogens is 561 g/mol. The molecule has 1 atom stereocenters. The Balaban J connectivity index is 2.08. The van der Waals surface area contributed by atoms with Crippen molar-refractivity contribution < 1.29 is 22.7 Å². The lowest BCUT2D eigenvalue weighted by Crippen LogP contribution is -2.52. The van der Waals surface area contributed by atoms with E-state index in [-0.39, 0.29) is 23.2 Å². The molecule has 8 nitrogen and oxygen atoms in total. The van der Waals surface area contributed by atoms with Crippen LogP contribution >= 0.6 is 23.2 Å².